The minimum Gasteiger partial charge on any atom is -0.497 e. The zero-order valence-electron chi connectivity index (χ0n) is 9.27. The molecule has 0 fully saturated rings. The zero-order chi connectivity index (χ0) is 12.0. The molecule has 0 aliphatic carbocycles. The van der Waals surface area contributed by atoms with E-state index in [2.05, 4.69) is 5.32 Å². The van der Waals surface area contributed by atoms with Crippen molar-refractivity contribution in [1.82, 2.24) is 0 Å². The number of rotatable bonds is 4. The first-order chi connectivity index (χ1) is 7.65. The van der Waals surface area contributed by atoms with Crippen molar-refractivity contribution in [1.29, 1.82) is 0 Å². The summed E-state index contributed by atoms with van der Waals surface area (Å²) in [6.45, 7) is 1.41. The molecule has 1 rings (SSSR count). The van der Waals surface area contributed by atoms with E-state index in [4.69, 9.17) is 14.6 Å². The van der Waals surface area contributed by atoms with Gasteiger partial charge in [0.25, 0.3) is 0 Å². The highest BCUT2D eigenvalue weighted by Gasteiger charge is 2.07. The predicted octanol–water partition coefficient (Wildman–Crippen LogP) is 1.62. The van der Waals surface area contributed by atoms with Crippen LogP contribution < -0.4 is 10.1 Å². The number of nitrogens with one attached hydrogen (secondary N) is 1. The molecule has 5 heteroatoms. The highest BCUT2D eigenvalue weighted by Crippen LogP contribution is 2.15. The lowest BCUT2D eigenvalue weighted by Crippen LogP contribution is -2.22. The lowest BCUT2D eigenvalue weighted by molar-refractivity contribution is 0.0776. The number of amides is 1. The normalized spacial score (nSPS) is 11.7. The van der Waals surface area contributed by atoms with Gasteiger partial charge in [0.2, 0.25) is 0 Å². The first-order valence-electron chi connectivity index (χ1n) is 4.88. The Hall–Kier alpha value is -1.75. The highest BCUT2D eigenvalue weighted by atomic mass is 16.6. The van der Waals surface area contributed by atoms with Crippen LogP contribution in [0.15, 0.2) is 24.3 Å². The van der Waals surface area contributed by atoms with Crippen LogP contribution in [0, 0.1) is 0 Å². The molecule has 0 aliphatic rings. The average Bonchev–Trinajstić information content (AvgIpc) is 2.29. The van der Waals surface area contributed by atoms with Crippen LogP contribution in [-0.2, 0) is 4.74 Å². The number of carbonyl (C=O) groups excluding carboxylic acids is 1. The molecular formula is C11H15NO4. The minimum absolute atomic E-state index is 0.198. The van der Waals surface area contributed by atoms with Crippen LogP contribution >= 0.6 is 0 Å². The van der Waals surface area contributed by atoms with Crippen LogP contribution in [-0.4, -0.2) is 31.0 Å². The summed E-state index contributed by atoms with van der Waals surface area (Å²) in [6, 6.07) is 6.85. The Kier molecular flexibility index (Phi) is 4.60. The lowest BCUT2D eigenvalue weighted by Gasteiger charge is -2.11. The standard InChI is InChI=1S/C11H15NO4/c1-8(7-13)16-11(14)12-9-3-5-10(15-2)6-4-9/h3-6,8,13H,7H2,1-2H3,(H,12,14). The molecule has 0 saturated carbocycles. The van der Waals surface area contributed by atoms with Crippen molar-refractivity contribution < 1.29 is 19.4 Å². The summed E-state index contributed by atoms with van der Waals surface area (Å²) < 4.78 is 9.81. The third kappa shape index (κ3) is 3.78. The predicted molar refractivity (Wildman–Crippen MR) is 59.6 cm³/mol. The number of aliphatic hydroxyl groups excluding tert-OH is 1. The molecule has 1 aromatic rings. The van der Waals surface area contributed by atoms with Gasteiger partial charge in [0.1, 0.15) is 11.9 Å². The van der Waals surface area contributed by atoms with E-state index in [9.17, 15) is 4.79 Å². The second kappa shape index (κ2) is 5.97. The minimum atomic E-state index is -0.591. The van der Waals surface area contributed by atoms with E-state index in [-0.39, 0.29) is 6.61 Å². The van der Waals surface area contributed by atoms with E-state index >= 15 is 0 Å². The molecule has 0 aromatic heterocycles. The van der Waals surface area contributed by atoms with Gasteiger partial charge in [-0.25, -0.2) is 4.79 Å². The molecule has 5 nitrogen and oxygen atoms in total. The monoisotopic (exact) mass is 225 g/mol. The van der Waals surface area contributed by atoms with Crippen LogP contribution in [0.3, 0.4) is 0 Å². The van der Waals surface area contributed by atoms with Crippen molar-refractivity contribution in [3.8, 4) is 5.75 Å². The fourth-order valence-corrected chi connectivity index (χ4v) is 1.04. The Bertz CT molecular complexity index is 336. The zero-order valence-corrected chi connectivity index (χ0v) is 9.27. The van der Waals surface area contributed by atoms with Gasteiger partial charge in [-0.3, -0.25) is 5.32 Å². The second-order valence-electron chi connectivity index (χ2n) is 3.25. The first-order valence-corrected chi connectivity index (χ1v) is 4.88. The van der Waals surface area contributed by atoms with E-state index < -0.39 is 12.2 Å². The molecule has 0 radical (unpaired) electrons. The summed E-state index contributed by atoms with van der Waals surface area (Å²) in [6.07, 6.45) is -1.11. The van der Waals surface area contributed by atoms with Crippen LogP contribution in [0.4, 0.5) is 10.5 Å². The Labute approximate surface area is 94.0 Å². The molecule has 1 unspecified atom stereocenters. The van der Waals surface area contributed by atoms with Gasteiger partial charge in [-0.05, 0) is 31.2 Å². The number of hydrogen-bond donors (Lipinski definition) is 2. The van der Waals surface area contributed by atoms with Gasteiger partial charge < -0.3 is 14.6 Å². The fraction of sp³-hybridized carbons (Fsp3) is 0.364. The van der Waals surface area contributed by atoms with E-state index in [0.717, 1.165) is 0 Å². The molecule has 1 atom stereocenters. The Morgan fingerprint density at radius 3 is 2.56 bits per heavy atom. The molecule has 16 heavy (non-hydrogen) atoms. The van der Waals surface area contributed by atoms with E-state index in [1.54, 1.807) is 38.3 Å². The molecule has 0 heterocycles. The van der Waals surface area contributed by atoms with E-state index in [0.29, 0.717) is 11.4 Å². The largest absolute Gasteiger partial charge is 0.497 e. The van der Waals surface area contributed by atoms with Gasteiger partial charge in [0, 0.05) is 5.69 Å². The average molecular weight is 225 g/mol. The molecule has 1 amide bonds. The molecular weight excluding hydrogens is 210 g/mol. The molecule has 0 saturated heterocycles. The third-order valence-corrected chi connectivity index (χ3v) is 1.90. The van der Waals surface area contributed by atoms with Crippen LogP contribution in [0.5, 0.6) is 5.75 Å². The number of aliphatic hydroxyl groups is 1. The third-order valence-electron chi connectivity index (χ3n) is 1.90. The van der Waals surface area contributed by atoms with Crippen LogP contribution in [0.2, 0.25) is 0 Å². The number of methoxy groups -OCH3 is 1. The number of ether oxygens (including phenoxy) is 2. The molecule has 1 aromatic carbocycles. The van der Waals surface area contributed by atoms with Crippen LogP contribution in [0.25, 0.3) is 0 Å². The van der Waals surface area contributed by atoms with Crippen molar-refractivity contribution in [3.05, 3.63) is 24.3 Å². The van der Waals surface area contributed by atoms with Gasteiger partial charge in [0.05, 0.1) is 13.7 Å². The Balaban J connectivity index is 2.49. The van der Waals surface area contributed by atoms with Crippen molar-refractivity contribution in [3.63, 3.8) is 0 Å². The molecule has 0 spiro atoms. The van der Waals surface area contributed by atoms with Crippen LogP contribution in [0.1, 0.15) is 6.92 Å². The maximum Gasteiger partial charge on any atom is 0.411 e. The Morgan fingerprint density at radius 2 is 2.06 bits per heavy atom. The quantitative estimate of drug-likeness (QED) is 0.817. The van der Waals surface area contributed by atoms with Crippen molar-refractivity contribution in [2.75, 3.05) is 19.0 Å². The molecule has 0 bridgehead atoms. The van der Waals surface area contributed by atoms with Gasteiger partial charge >= 0.3 is 6.09 Å². The van der Waals surface area contributed by atoms with E-state index in [1.807, 2.05) is 0 Å². The van der Waals surface area contributed by atoms with Crippen molar-refractivity contribution in [2.24, 2.45) is 0 Å². The number of benzene rings is 1. The molecule has 2 N–H and O–H groups in total. The SMILES string of the molecule is COc1ccc(NC(=O)OC(C)CO)cc1. The van der Waals surface area contributed by atoms with Crippen molar-refractivity contribution in [2.45, 2.75) is 13.0 Å². The summed E-state index contributed by atoms with van der Waals surface area (Å²) in [5, 5.41) is 11.2. The molecule has 88 valence electrons. The summed E-state index contributed by atoms with van der Waals surface area (Å²) >= 11 is 0. The first kappa shape index (κ1) is 12.3. The van der Waals surface area contributed by atoms with Crippen molar-refractivity contribution >= 4 is 11.8 Å². The lowest BCUT2D eigenvalue weighted by atomic mass is 10.3. The van der Waals surface area contributed by atoms with Gasteiger partial charge in [-0.1, -0.05) is 0 Å². The summed E-state index contributed by atoms with van der Waals surface area (Å²) in [4.78, 5) is 11.3. The summed E-state index contributed by atoms with van der Waals surface area (Å²) in [5.74, 6) is 0.711. The number of carbonyl (C=O) groups is 1. The molecule has 0 aliphatic heterocycles. The maximum atomic E-state index is 11.3. The van der Waals surface area contributed by atoms with Gasteiger partial charge in [-0.2, -0.15) is 0 Å². The maximum absolute atomic E-state index is 11.3. The summed E-state index contributed by atoms with van der Waals surface area (Å²) in [7, 11) is 1.57. The Morgan fingerprint density at radius 1 is 1.44 bits per heavy atom. The fourth-order valence-electron chi connectivity index (χ4n) is 1.04. The van der Waals surface area contributed by atoms with Gasteiger partial charge in [-0.15, -0.1) is 0 Å². The number of hydrogen-bond acceptors (Lipinski definition) is 4. The highest BCUT2D eigenvalue weighted by molar-refractivity contribution is 5.84. The second-order valence-corrected chi connectivity index (χ2v) is 3.25. The summed E-state index contributed by atoms with van der Waals surface area (Å²) in [5.41, 5.74) is 0.607. The van der Waals surface area contributed by atoms with Gasteiger partial charge in [0.15, 0.2) is 0 Å². The van der Waals surface area contributed by atoms with E-state index in [1.165, 1.54) is 0 Å². The smallest absolute Gasteiger partial charge is 0.411 e. The number of anilines is 1. The topological polar surface area (TPSA) is 67.8 Å².